The fourth-order valence-corrected chi connectivity index (χ4v) is 1.17. The molecule has 1 aliphatic carbocycles. The van der Waals surface area contributed by atoms with Crippen molar-refractivity contribution in [2.45, 2.75) is 0 Å². The zero-order valence-electron chi connectivity index (χ0n) is 6.14. The van der Waals surface area contributed by atoms with Gasteiger partial charge in [-0.05, 0) is 18.2 Å². The lowest BCUT2D eigenvalue weighted by atomic mass is 10.1. The number of hydrogen-bond donors (Lipinski definition) is 0. The molecule has 2 bridgehead atoms. The highest BCUT2D eigenvalue weighted by Crippen LogP contribution is 2.15. The molecule has 0 N–H and O–H groups in total. The Labute approximate surface area is 66.1 Å². The average Bonchev–Trinajstić information content (AvgIpc) is 2.36. The molecular formula is C10H9N. The predicted molar refractivity (Wildman–Crippen MR) is 47.5 cm³/mol. The van der Waals surface area contributed by atoms with E-state index in [1.165, 1.54) is 0 Å². The number of aliphatic imine (C=N–C) groups is 1. The van der Waals surface area contributed by atoms with Gasteiger partial charge < -0.3 is 0 Å². The van der Waals surface area contributed by atoms with Crippen molar-refractivity contribution < 1.29 is 0 Å². The van der Waals surface area contributed by atoms with Crippen LogP contribution < -0.4 is 0 Å². The first-order valence-electron chi connectivity index (χ1n) is 3.73. The Morgan fingerprint density at radius 1 is 1.09 bits per heavy atom. The summed E-state index contributed by atoms with van der Waals surface area (Å²) in [6.45, 7) is 0. The van der Waals surface area contributed by atoms with Crippen LogP contribution in [0.1, 0.15) is 0 Å². The molecule has 1 nitrogen and oxygen atoms in total. The summed E-state index contributed by atoms with van der Waals surface area (Å²) < 4.78 is 0. The Kier molecular flexibility index (Phi) is 1.56. The Bertz CT molecular complexity index is 264. The molecule has 0 aromatic carbocycles. The van der Waals surface area contributed by atoms with Crippen LogP contribution in [0.5, 0.6) is 0 Å². The van der Waals surface area contributed by atoms with Crippen molar-refractivity contribution in [3.05, 3.63) is 48.2 Å². The van der Waals surface area contributed by atoms with Crippen LogP contribution in [0.15, 0.2) is 53.2 Å². The van der Waals surface area contributed by atoms with Gasteiger partial charge in [-0.1, -0.05) is 24.3 Å². The fraction of sp³-hybridized carbons (Fsp3) is 0.100. The number of allylic oxidation sites excluding steroid dienone is 7. The third-order valence-corrected chi connectivity index (χ3v) is 1.72. The molecule has 0 saturated heterocycles. The van der Waals surface area contributed by atoms with Crippen LogP contribution in [0, 0.1) is 5.92 Å². The molecule has 1 aliphatic heterocycles. The van der Waals surface area contributed by atoms with Gasteiger partial charge in [0.25, 0.3) is 0 Å². The van der Waals surface area contributed by atoms with Crippen molar-refractivity contribution >= 4 is 6.21 Å². The molecule has 2 rings (SSSR count). The molecule has 0 spiro atoms. The van der Waals surface area contributed by atoms with Gasteiger partial charge in [0.05, 0.1) is 5.70 Å². The molecule has 0 aromatic rings. The van der Waals surface area contributed by atoms with Crippen molar-refractivity contribution in [1.82, 2.24) is 0 Å². The molecule has 54 valence electrons. The highest BCUT2D eigenvalue weighted by molar-refractivity contribution is 5.73. The number of hydrogen-bond acceptors (Lipinski definition) is 1. The Balaban J connectivity index is 2.41. The van der Waals surface area contributed by atoms with Gasteiger partial charge in [-0.15, -0.1) is 0 Å². The monoisotopic (exact) mass is 143 g/mol. The fourth-order valence-electron chi connectivity index (χ4n) is 1.17. The van der Waals surface area contributed by atoms with Gasteiger partial charge in [0.2, 0.25) is 0 Å². The Hall–Kier alpha value is -1.37. The van der Waals surface area contributed by atoms with Crippen LogP contribution in [-0.4, -0.2) is 6.21 Å². The summed E-state index contributed by atoms with van der Waals surface area (Å²) >= 11 is 0. The molecular weight excluding hydrogens is 134 g/mol. The van der Waals surface area contributed by atoms with Crippen molar-refractivity contribution in [2.24, 2.45) is 10.9 Å². The number of rotatable bonds is 0. The smallest absolute Gasteiger partial charge is 0.0598 e. The van der Waals surface area contributed by atoms with E-state index < -0.39 is 0 Å². The summed E-state index contributed by atoms with van der Waals surface area (Å²) in [5.74, 6) is 0.419. The summed E-state index contributed by atoms with van der Waals surface area (Å²) in [5, 5.41) is 0. The maximum Gasteiger partial charge on any atom is 0.0598 e. The minimum Gasteiger partial charge on any atom is -0.257 e. The minimum atomic E-state index is 0.419. The van der Waals surface area contributed by atoms with Crippen molar-refractivity contribution in [1.29, 1.82) is 0 Å². The topological polar surface area (TPSA) is 12.4 Å². The van der Waals surface area contributed by atoms with Crippen LogP contribution in [0.3, 0.4) is 0 Å². The van der Waals surface area contributed by atoms with E-state index in [2.05, 4.69) is 29.3 Å². The van der Waals surface area contributed by atoms with E-state index in [0.29, 0.717) is 5.92 Å². The second-order valence-corrected chi connectivity index (χ2v) is 2.58. The van der Waals surface area contributed by atoms with Gasteiger partial charge in [0, 0.05) is 12.1 Å². The zero-order valence-corrected chi connectivity index (χ0v) is 6.14. The van der Waals surface area contributed by atoms with Crippen molar-refractivity contribution in [3.8, 4) is 0 Å². The molecule has 1 heteroatoms. The van der Waals surface area contributed by atoms with Gasteiger partial charge in [0.15, 0.2) is 0 Å². The molecule has 11 heavy (non-hydrogen) atoms. The maximum atomic E-state index is 4.23. The number of fused-ring (bicyclic) bond motifs is 1. The molecule has 2 aliphatic rings. The quantitative estimate of drug-likeness (QED) is 0.493. The lowest BCUT2D eigenvalue weighted by molar-refractivity contribution is 1.06. The average molecular weight is 143 g/mol. The Morgan fingerprint density at radius 2 is 2.00 bits per heavy atom. The van der Waals surface area contributed by atoms with Gasteiger partial charge in [0.1, 0.15) is 0 Å². The van der Waals surface area contributed by atoms with E-state index in [-0.39, 0.29) is 0 Å². The maximum absolute atomic E-state index is 4.23. The lowest BCUT2D eigenvalue weighted by Gasteiger charge is -1.96. The van der Waals surface area contributed by atoms with Crippen LogP contribution >= 0.6 is 0 Å². The third-order valence-electron chi connectivity index (χ3n) is 1.72. The van der Waals surface area contributed by atoms with E-state index >= 15 is 0 Å². The molecule has 1 heterocycles. The highest BCUT2D eigenvalue weighted by Gasteiger charge is 2.01. The molecule has 0 amide bonds. The molecule has 1 atom stereocenters. The summed E-state index contributed by atoms with van der Waals surface area (Å²) in [6, 6.07) is 0. The SMILES string of the molecule is C1=CC2=CC(C=C1)C=CC=N2. The Morgan fingerprint density at radius 3 is 3.00 bits per heavy atom. The van der Waals surface area contributed by atoms with Crippen LogP contribution in [0.4, 0.5) is 0 Å². The molecule has 0 aromatic heterocycles. The van der Waals surface area contributed by atoms with E-state index in [9.17, 15) is 0 Å². The second-order valence-electron chi connectivity index (χ2n) is 2.58. The standard InChI is InChI=1S/C10H9N/c1-2-6-10-8-9(4-1)5-3-7-11-10/h1-9H. The summed E-state index contributed by atoms with van der Waals surface area (Å²) in [7, 11) is 0. The first-order chi connectivity index (χ1) is 5.45. The first-order valence-corrected chi connectivity index (χ1v) is 3.73. The molecule has 0 saturated carbocycles. The van der Waals surface area contributed by atoms with E-state index in [0.717, 1.165) is 5.70 Å². The minimum absolute atomic E-state index is 0.419. The third kappa shape index (κ3) is 1.37. The van der Waals surface area contributed by atoms with Gasteiger partial charge in [-0.2, -0.15) is 0 Å². The predicted octanol–water partition coefficient (Wildman–Crippen LogP) is 2.25. The molecule has 0 radical (unpaired) electrons. The largest absolute Gasteiger partial charge is 0.257 e. The number of nitrogens with zero attached hydrogens (tertiary/aromatic N) is 1. The van der Waals surface area contributed by atoms with Crippen molar-refractivity contribution in [3.63, 3.8) is 0 Å². The van der Waals surface area contributed by atoms with E-state index in [1.807, 2.05) is 24.4 Å². The van der Waals surface area contributed by atoms with Gasteiger partial charge in [-0.3, -0.25) is 4.99 Å². The van der Waals surface area contributed by atoms with Gasteiger partial charge >= 0.3 is 0 Å². The van der Waals surface area contributed by atoms with Gasteiger partial charge in [-0.25, -0.2) is 0 Å². The molecule has 1 unspecified atom stereocenters. The lowest BCUT2D eigenvalue weighted by Crippen LogP contribution is -1.83. The van der Waals surface area contributed by atoms with Crippen LogP contribution in [0.25, 0.3) is 0 Å². The summed E-state index contributed by atoms with van der Waals surface area (Å²) in [5.41, 5.74) is 1.05. The zero-order chi connectivity index (χ0) is 7.52. The normalized spacial score (nSPS) is 26.2. The summed E-state index contributed by atoms with van der Waals surface area (Å²) in [6.07, 6.45) is 16.3. The van der Waals surface area contributed by atoms with E-state index in [1.54, 1.807) is 0 Å². The summed E-state index contributed by atoms with van der Waals surface area (Å²) in [4.78, 5) is 4.23. The van der Waals surface area contributed by atoms with Crippen LogP contribution in [0.2, 0.25) is 0 Å². The first kappa shape index (κ1) is 6.35. The van der Waals surface area contributed by atoms with E-state index in [4.69, 9.17) is 0 Å². The highest BCUT2D eigenvalue weighted by atomic mass is 14.7. The molecule has 0 fully saturated rings. The van der Waals surface area contributed by atoms with Crippen molar-refractivity contribution in [2.75, 3.05) is 0 Å². The van der Waals surface area contributed by atoms with Crippen LogP contribution in [-0.2, 0) is 0 Å². The second kappa shape index (κ2) is 2.70.